The number of hydrogen-bond donors (Lipinski definition) is 0. The first kappa shape index (κ1) is 31.3. The Morgan fingerprint density at radius 1 is 0.685 bits per heavy atom. The molecular weight excluding hydrogens is 653 g/mol. The Morgan fingerprint density at radius 3 is 2.28 bits per heavy atom. The molecule has 0 amide bonds. The van der Waals surface area contributed by atoms with Crippen molar-refractivity contribution < 1.29 is 0 Å². The molecule has 258 valence electrons. The average molecular weight is 693 g/mol. The molecule has 54 heavy (non-hydrogen) atoms. The Balaban J connectivity index is 1.24. The first-order valence-corrected chi connectivity index (χ1v) is 19.6. The topological polar surface area (TPSA) is 17.3 Å². The maximum absolute atomic E-state index is 5.72. The summed E-state index contributed by atoms with van der Waals surface area (Å²) in [4.78, 5) is 0. The SMILES string of the molecule is CCC(C)/C(=C1/C=CC=C/C1=N/n1c2ccccc2c2c3c4c(cc21)-c1ccc2ccccc2c1CCC4c1ccccc1-3)c1cccc2ccccc12. The van der Waals surface area contributed by atoms with Crippen LogP contribution in [0.2, 0.25) is 0 Å². The van der Waals surface area contributed by atoms with Gasteiger partial charge in [0.2, 0.25) is 0 Å². The molecule has 1 aromatic heterocycles. The van der Waals surface area contributed by atoms with E-state index < -0.39 is 0 Å². The fourth-order valence-electron chi connectivity index (χ4n) is 9.96. The third-order valence-electron chi connectivity index (χ3n) is 12.5. The van der Waals surface area contributed by atoms with Crippen LogP contribution in [0.15, 0.2) is 168 Å². The van der Waals surface area contributed by atoms with Crippen molar-refractivity contribution >= 4 is 54.6 Å². The highest BCUT2D eigenvalue weighted by Crippen LogP contribution is 2.57. The molecule has 2 unspecified atom stereocenters. The second kappa shape index (κ2) is 12.1. The monoisotopic (exact) mass is 692 g/mol. The number of para-hydroxylation sites is 1. The molecule has 2 atom stereocenters. The van der Waals surface area contributed by atoms with Gasteiger partial charge in [-0.05, 0) is 115 Å². The van der Waals surface area contributed by atoms with E-state index in [2.05, 4.69) is 176 Å². The van der Waals surface area contributed by atoms with Crippen LogP contribution in [0.4, 0.5) is 0 Å². The molecule has 0 spiro atoms. The van der Waals surface area contributed by atoms with Gasteiger partial charge in [0.15, 0.2) is 0 Å². The summed E-state index contributed by atoms with van der Waals surface area (Å²) >= 11 is 0. The summed E-state index contributed by atoms with van der Waals surface area (Å²) in [5.74, 6) is 0.691. The van der Waals surface area contributed by atoms with E-state index in [9.17, 15) is 0 Å². The number of nitrogens with zero attached hydrogens (tertiary/aromatic N) is 2. The van der Waals surface area contributed by atoms with Gasteiger partial charge < -0.3 is 0 Å². The summed E-state index contributed by atoms with van der Waals surface area (Å²) in [6, 6.07) is 49.7. The molecule has 0 saturated heterocycles. The zero-order chi connectivity index (χ0) is 35.9. The number of aryl methyl sites for hydroxylation is 1. The number of fused-ring (bicyclic) bond motifs is 12. The molecule has 0 radical (unpaired) electrons. The molecule has 0 bridgehead atoms. The van der Waals surface area contributed by atoms with Gasteiger partial charge in [-0.25, -0.2) is 4.68 Å². The van der Waals surface area contributed by atoms with E-state index in [1.165, 1.54) is 88.0 Å². The lowest BCUT2D eigenvalue weighted by molar-refractivity contribution is 0.717. The van der Waals surface area contributed by atoms with Crippen molar-refractivity contribution in [2.75, 3.05) is 0 Å². The lowest BCUT2D eigenvalue weighted by Crippen LogP contribution is -2.11. The predicted octanol–water partition coefficient (Wildman–Crippen LogP) is 13.7. The Labute approximate surface area is 316 Å². The van der Waals surface area contributed by atoms with Crippen LogP contribution in [0.25, 0.3) is 71.2 Å². The van der Waals surface area contributed by atoms with Gasteiger partial charge in [-0.1, -0.05) is 153 Å². The summed E-state index contributed by atoms with van der Waals surface area (Å²) in [5.41, 5.74) is 17.0. The van der Waals surface area contributed by atoms with Crippen LogP contribution in [0.1, 0.15) is 54.9 Å². The normalized spacial score (nSPS) is 18.0. The molecule has 11 rings (SSSR count). The fraction of sp³-hybridized carbons (Fsp3) is 0.135. The Morgan fingerprint density at radius 2 is 1.41 bits per heavy atom. The Bertz CT molecular complexity index is 2990. The van der Waals surface area contributed by atoms with Crippen LogP contribution >= 0.6 is 0 Å². The summed E-state index contributed by atoms with van der Waals surface area (Å²) in [5, 5.41) is 13.5. The molecule has 1 heterocycles. The van der Waals surface area contributed by atoms with E-state index >= 15 is 0 Å². The molecule has 7 aromatic carbocycles. The van der Waals surface area contributed by atoms with Crippen LogP contribution in [-0.4, -0.2) is 10.4 Å². The second-order valence-electron chi connectivity index (χ2n) is 15.3. The number of rotatable bonds is 4. The van der Waals surface area contributed by atoms with Crippen LogP contribution in [0.5, 0.6) is 0 Å². The van der Waals surface area contributed by atoms with Gasteiger partial charge in [0.05, 0.1) is 16.7 Å². The third-order valence-corrected chi connectivity index (χ3v) is 12.5. The number of hydrogen-bond acceptors (Lipinski definition) is 1. The first-order chi connectivity index (χ1) is 26.7. The largest absolute Gasteiger partial charge is 0.232 e. The summed E-state index contributed by atoms with van der Waals surface area (Å²) in [6.07, 6.45) is 12.0. The molecule has 2 nitrogen and oxygen atoms in total. The highest BCUT2D eigenvalue weighted by atomic mass is 15.4. The number of aromatic nitrogens is 1. The van der Waals surface area contributed by atoms with Crippen LogP contribution in [0, 0.1) is 5.92 Å². The van der Waals surface area contributed by atoms with Gasteiger partial charge in [0.1, 0.15) is 0 Å². The Hall–Kier alpha value is -6.25. The lowest BCUT2D eigenvalue weighted by Gasteiger charge is -2.22. The van der Waals surface area contributed by atoms with E-state index in [0.29, 0.717) is 11.8 Å². The maximum Gasteiger partial charge on any atom is 0.0915 e. The van der Waals surface area contributed by atoms with Gasteiger partial charge in [-0.3, -0.25) is 0 Å². The standard InChI is InChI=1S/C52H40N2/c1-3-32(2)49(40-24-14-17-33-15-4-7-19-36(33)40)43-22-10-12-25-46(43)53-54-47-26-13-11-23-44(47)51-48(54)31-45-39-28-27-34-16-5-6-18-35(34)38(39)29-30-42-37-20-8-9-21-41(37)52(51)50(42)45/h4-28,31-32,42H,3,29-30H2,1-2H3/b49-43+,53-46-. The summed E-state index contributed by atoms with van der Waals surface area (Å²) in [7, 11) is 0. The minimum absolute atomic E-state index is 0.335. The van der Waals surface area contributed by atoms with E-state index in [4.69, 9.17) is 5.10 Å². The smallest absolute Gasteiger partial charge is 0.0915 e. The van der Waals surface area contributed by atoms with Crippen molar-refractivity contribution in [3.63, 3.8) is 0 Å². The van der Waals surface area contributed by atoms with Gasteiger partial charge in [0.25, 0.3) is 0 Å². The average Bonchev–Trinajstić information content (AvgIpc) is 3.65. The molecule has 0 N–H and O–H groups in total. The van der Waals surface area contributed by atoms with Crippen LogP contribution in [0.3, 0.4) is 0 Å². The molecular formula is C52H40N2. The minimum Gasteiger partial charge on any atom is -0.232 e. The second-order valence-corrected chi connectivity index (χ2v) is 15.3. The van der Waals surface area contributed by atoms with Gasteiger partial charge >= 0.3 is 0 Å². The molecule has 3 aliphatic rings. The van der Waals surface area contributed by atoms with Crippen molar-refractivity contribution in [2.45, 2.75) is 39.0 Å². The van der Waals surface area contributed by atoms with Gasteiger partial charge in [-0.2, -0.15) is 5.10 Å². The molecule has 2 heteroatoms. The molecule has 0 saturated carbocycles. The third kappa shape index (κ3) is 4.50. The zero-order valence-corrected chi connectivity index (χ0v) is 30.7. The van der Waals surface area contributed by atoms with Crippen molar-refractivity contribution in [1.82, 2.24) is 4.68 Å². The van der Waals surface area contributed by atoms with Crippen molar-refractivity contribution in [3.8, 4) is 22.3 Å². The summed E-state index contributed by atoms with van der Waals surface area (Å²) in [6.45, 7) is 4.66. The molecule has 0 fully saturated rings. The number of allylic oxidation sites excluding steroid dienone is 6. The predicted molar refractivity (Wildman–Crippen MR) is 229 cm³/mol. The zero-order valence-electron chi connectivity index (χ0n) is 30.7. The highest BCUT2D eigenvalue weighted by molar-refractivity contribution is 6.21. The Kier molecular flexibility index (Phi) is 7.04. The summed E-state index contributed by atoms with van der Waals surface area (Å²) < 4.78 is 2.26. The van der Waals surface area contributed by atoms with Crippen molar-refractivity contribution in [1.29, 1.82) is 0 Å². The van der Waals surface area contributed by atoms with Gasteiger partial charge in [-0.15, -0.1) is 0 Å². The minimum atomic E-state index is 0.335. The quantitative estimate of drug-likeness (QED) is 0.175. The highest BCUT2D eigenvalue weighted by Gasteiger charge is 2.37. The molecule has 3 aliphatic carbocycles. The number of benzene rings is 7. The van der Waals surface area contributed by atoms with Crippen LogP contribution < -0.4 is 0 Å². The molecule has 8 aromatic rings. The first-order valence-electron chi connectivity index (χ1n) is 19.6. The van der Waals surface area contributed by atoms with Crippen LogP contribution in [-0.2, 0) is 6.42 Å². The fourth-order valence-corrected chi connectivity index (χ4v) is 9.96. The van der Waals surface area contributed by atoms with Crippen molar-refractivity contribution in [2.24, 2.45) is 11.0 Å². The van der Waals surface area contributed by atoms with Gasteiger partial charge in [0, 0.05) is 22.3 Å². The van der Waals surface area contributed by atoms with Crippen molar-refractivity contribution in [3.05, 3.63) is 186 Å². The lowest BCUT2D eigenvalue weighted by atomic mass is 9.83. The van der Waals surface area contributed by atoms with E-state index in [1.807, 2.05) is 0 Å². The van der Waals surface area contributed by atoms with E-state index in [0.717, 1.165) is 36.0 Å². The molecule has 0 aliphatic heterocycles. The maximum atomic E-state index is 5.72. The van der Waals surface area contributed by atoms with E-state index in [1.54, 1.807) is 0 Å². The van der Waals surface area contributed by atoms with E-state index in [-0.39, 0.29) is 0 Å².